The Hall–Kier alpha value is -0.910. The second-order valence-electron chi connectivity index (χ2n) is 8.96. The van der Waals surface area contributed by atoms with Crippen LogP contribution in [-0.2, 0) is 32.9 Å². The Kier molecular flexibility index (Phi) is 8.49. The first-order chi connectivity index (χ1) is 14.7. The molecule has 3 heterocycles. The lowest BCUT2D eigenvalue weighted by Crippen LogP contribution is -2.52. The number of hydrogen-bond acceptors (Lipinski definition) is 6. The smallest absolute Gasteiger partial charge is 0.282 e. The van der Waals surface area contributed by atoms with Gasteiger partial charge in [-0.3, -0.25) is 0 Å². The van der Waals surface area contributed by atoms with Gasteiger partial charge in [0.25, 0.3) is 10.2 Å². The molecule has 0 radical (unpaired) electrons. The van der Waals surface area contributed by atoms with Crippen LogP contribution in [0.5, 0.6) is 5.75 Å². The maximum atomic E-state index is 12.8. The molecule has 182 valence electrons. The Balaban J connectivity index is 0.00000289. The van der Waals surface area contributed by atoms with Crippen molar-refractivity contribution in [3.63, 3.8) is 0 Å². The van der Waals surface area contributed by atoms with E-state index in [2.05, 4.69) is 30.4 Å². The molecule has 0 aliphatic carbocycles. The zero-order valence-corrected chi connectivity index (χ0v) is 21.0. The minimum atomic E-state index is -3.56. The topological polar surface area (TPSA) is 96.0 Å². The molecule has 1 aromatic rings. The highest BCUT2D eigenvalue weighted by Gasteiger charge is 2.36. The largest absolute Gasteiger partial charge is 0.493 e. The summed E-state index contributed by atoms with van der Waals surface area (Å²) in [4.78, 5) is 0. The molecular weight excluding hydrogens is 474 g/mol. The van der Waals surface area contributed by atoms with Gasteiger partial charge in [-0.15, -0.1) is 12.4 Å². The number of sulfone groups is 1. The van der Waals surface area contributed by atoms with E-state index in [9.17, 15) is 16.8 Å². The Morgan fingerprint density at radius 2 is 1.78 bits per heavy atom. The molecule has 1 atom stereocenters. The molecular formula is C21H34ClN3O5S2. The Morgan fingerprint density at radius 3 is 2.47 bits per heavy atom. The van der Waals surface area contributed by atoms with E-state index in [-0.39, 0.29) is 37.0 Å². The summed E-state index contributed by atoms with van der Waals surface area (Å²) in [5.41, 5.74) is 2.61. The van der Waals surface area contributed by atoms with E-state index in [0.29, 0.717) is 25.0 Å². The standard InChI is InChI=1S/C21H33N3O5S2.ClH/c1-17(14-19-2-3-21-20(15-19)6-11-29-21)22-16-18-4-7-23(8-5-18)31(27,28)24-9-12-30(25,26)13-10-24;/h2-3,15,17-18,22H,4-14,16H2,1H3;1H/t17-;/m0./s1. The van der Waals surface area contributed by atoms with Crippen molar-refractivity contribution >= 4 is 32.5 Å². The van der Waals surface area contributed by atoms with Crippen LogP contribution < -0.4 is 10.1 Å². The normalized spacial score (nSPS) is 23.2. The molecule has 3 aliphatic rings. The Labute approximate surface area is 198 Å². The summed E-state index contributed by atoms with van der Waals surface area (Å²) < 4.78 is 57.3. The van der Waals surface area contributed by atoms with Crippen molar-refractivity contribution in [2.24, 2.45) is 5.92 Å². The molecule has 0 aromatic heterocycles. The van der Waals surface area contributed by atoms with Crippen LogP contribution >= 0.6 is 12.4 Å². The number of piperidine rings is 1. The highest BCUT2D eigenvalue weighted by molar-refractivity contribution is 7.91. The van der Waals surface area contributed by atoms with Crippen molar-refractivity contribution in [1.82, 2.24) is 13.9 Å². The molecule has 1 aromatic carbocycles. The average molecular weight is 508 g/mol. The quantitative estimate of drug-likeness (QED) is 0.596. The van der Waals surface area contributed by atoms with E-state index >= 15 is 0 Å². The van der Waals surface area contributed by atoms with Gasteiger partial charge in [0.1, 0.15) is 5.75 Å². The van der Waals surface area contributed by atoms with E-state index in [1.54, 1.807) is 0 Å². The number of ether oxygens (including phenoxy) is 1. The van der Waals surface area contributed by atoms with Crippen molar-refractivity contribution < 1.29 is 21.6 Å². The second kappa shape index (κ2) is 10.6. The van der Waals surface area contributed by atoms with Gasteiger partial charge in [0, 0.05) is 38.6 Å². The number of nitrogens with one attached hydrogen (secondary N) is 1. The van der Waals surface area contributed by atoms with Gasteiger partial charge in [0.2, 0.25) is 0 Å². The van der Waals surface area contributed by atoms with Crippen LogP contribution in [0.15, 0.2) is 18.2 Å². The van der Waals surface area contributed by atoms with E-state index in [1.807, 2.05) is 0 Å². The maximum absolute atomic E-state index is 12.8. The Bertz CT molecular complexity index is 981. The van der Waals surface area contributed by atoms with Crippen molar-refractivity contribution in [1.29, 1.82) is 0 Å². The van der Waals surface area contributed by atoms with Gasteiger partial charge in [-0.05, 0) is 55.8 Å². The predicted octanol–water partition coefficient (Wildman–Crippen LogP) is 1.25. The zero-order valence-electron chi connectivity index (χ0n) is 18.5. The number of rotatable bonds is 7. The van der Waals surface area contributed by atoms with Gasteiger partial charge in [-0.2, -0.15) is 17.0 Å². The molecule has 0 spiro atoms. The molecule has 0 saturated carbocycles. The van der Waals surface area contributed by atoms with Crippen molar-refractivity contribution in [2.45, 2.75) is 38.6 Å². The third-order valence-corrected chi connectivity index (χ3v) is 10.2. The molecule has 32 heavy (non-hydrogen) atoms. The van der Waals surface area contributed by atoms with Crippen LogP contribution in [0.2, 0.25) is 0 Å². The van der Waals surface area contributed by atoms with Crippen LogP contribution in [-0.4, -0.2) is 82.3 Å². The van der Waals surface area contributed by atoms with E-state index in [0.717, 1.165) is 44.6 Å². The lowest BCUT2D eigenvalue weighted by atomic mass is 9.97. The van der Waals surface area contributed by atoms with Gasteiger partial charge >= 0.3 is 0 Å². The zero-order chi connectivity index (χ0) is 22.1. The number of benzene rings is 1. The molecule has 3 aliphatic heterocycles. The van der Waals surface area contributed by atoms with Gasteiger partial charge in [0.15, 0.2) is 9.84 Å². The van der Waals surface area contributed by atoms with Crippen molar-refractivity contribution in [3.05, 3.63) is 29.3 Å². The van der Waals surface area contributed by atoms with Crippen molar-refractivity contribution in [2.75, 3.05) is 50.8 Å². The fourth-order valence-corrected chi connectivity index (χ4v) is 7.67. The maximum Gasteiger partial charge on any atom is 0.282 e. The van der Waals surface area contributed by atoms with E-state index < -0.39 is 20.0 Å². The SMILES string of the molecule is C[C@@H](Cc1ccc2c(c1)CCO2)NCC1CCN(S(=O)(=O)N2CCS(=O)(=O)CC2)CC1.Cl. The predicted molar refractivity (Wildman–Crippen MR) is 128 cm³/mol. The lowest BCUT2D eigenvalue weighted by Gasteiger charge is -2.36. The summed E-state index contributed by atoms with van der Waals surface area (Å²) in [6, 6.07) is 6.79. The van der Waals surface area contributed by atoms with Crippen LogP contribution in [0, 0.1) is 5.92 Å². The Morgan fingerprint density at radius 1 is 1.12 bits per heavy atom. The van der Waals surface area contributed by atoms with Crippen LogP contribution in [0.4, 0.5) is 0 Å². The van der Waals surface area contributed by atoms with Gasteiger partial charge in [-0.1, -0.05) is 12.1 Å². The third kappa shape index (κ3) is 6.15. The molecule has 1 N–H and O–H groups in total. The van der Waals surface area contributed by atoms with Gasteiger partial charge < -0.3 is 10.1 Å². The lowest BCUT2D eigenvalue weighted by molar-refractivity contribution is 0.247. The van der Waals surface area contributed by atoms with Crippen LogP contribution in [0.25, 0.3) is 0 Å². The minimum absolute atomic E-state index is 0. The third-order valence-electron chi connectivity index (χ3n) is 6.58. The molecule has 8 nitrogen and oxygen atoms in total. The highest BCUT2D eigenvalue weighted by atomic mass is 35.5. The second-order valence-corrected chi connectivity index (χ2v) is 13.2. The van der Waals surface area contributed by atoms with E-state index in [4.69, 9.17) is 4.74 Å². The van der Waals surface area contributed by atoms with Gasteiger partial charge in [0.05, 0.1) is 18.1 Å². The summed E-state index contributed by atoms with van der Waals surface area (Å²) in [7, 11) is -6.66. The molecule has 4 rings (SSSR count). The van der Waals surface area contributed by atoms with Crippen molar-refractivity contribution in [3.8, 4) is 5.75 Å². The number of nitrogens with zero attached hydrogens (tertiary/aromatic N) is 2. The molecule has 2 fully saturated rings. The monoisotopic (exact) mass is 507 g/mol. The summed E-state index contributed by atoms with van der Waals surface area (Å²) >= 11 is 0. The number of hydrogen-bond donors (Lipinski definition) is 1. The summed E-state index contributed by atoms with van der Waals surface area (Å²) in [6.45, 7) is 4.97. The number of halogens is 1. The molecule has 0 amide bonds. The first-order valence-electron chi connectivity index (χ1n) is 11.2. The molecule has 2 saturated heterocycles. The molecule has 11 heteroatoms. The first kappa shape index (κ1) is 25.7. The first-order valence-corrected chi connectivity index (χ1v) is 14.4. The number of fused-ring (bicyclic) bond motifs is 1. The van der Waals surface area contributed by atoms with Gasteiger partial charge in [-0.25, -0.2) is 8.42 Å². The molecule has 0 bridgehead atoms. The molecule has 0 unspecified atom stereocenters. The summed E-state index contributed by atoms with van der Waals surface area (Å²) in [5, 5.41) is 3.62. The fraction of sp³-hybridized carbons (Fsp3) is 0.714. The fourth-order valence-electron chi connectivity index (χ4n) is 4.59. The van der Waals surface area contributed by atoms with Crippen LogP contribution in [0.3, 0.4) is 0 Å². The summed E-state index contributed by atoms with van der Waals surface area (Å²) in [5.74, 6) is 1.30. The average Bonchev–Trinajstić information content (AvgIpc) is 3.20. The highest BCUT2D eigenvalue weighted by Crippen LogP contribution is 2.26. The van der Waals surface area contributed by atoms with E-state index in [1.165, 1.54) is 19.7 Å². The summed E-state index contributed by atoms with van der Waals surface area (Å²) in [6.07, 6.45) is 3.58. The van der Waals surface area contributed by atoms with Crippen LogP contribution in [0.1, 0.15) is 30.9 Å². The minimum Gasteiger partial charge on any atom is -0.493 e.